The molecule has 0 spiro atoms. The maximum atomic E-state index is 11.5. The monoisotopic (exact) mass is 261 g/mol. The number of ether oxygens (including phenoxy) is 1. The zero-order valence-corrected chi connectivity index (χ0v) is 11.4. The number of oxime groups is 1. The third-order valence-corrected chi connectivity index (χ3v) is 2.37. The lowest BCUT2D eigenvalue weighted by atomic mass is 10.1. The van der Waals surface area contributed by atoms with E-state index in [1.807, 2.05) is 31.2 Å². The van der Waals surface area contributed by atoms with Gasteiger partial charge in [-0.15, -0.1) is 0 Å². The standard InChI is InChI=1S/C15H19NO3/c1-4-10-19-16-14(11-15(17)18-5-2)13-8-6-12(3)7-9-13/h4,6-9H,1,5,10-11H2,2-3H3/b16-14+. The van der Waals surface area contributed by atoms with Crippen LogP contribution in [0.15, 0.2) is 42.1 Å². The first-order valence-electron chi connectivity index (χ1n) is 6.19. The van der Waals surface area contributed by atoms with Crippen LogP contribution in [-0.2, 0) is 14.4 Å². The molecule has 0 N–H and O–H groups in total. The fraction of sp³-hybridized carbons (Fsp3) is 0.333. The van der Waals surface area contributed by atoms with Gasteiger partial charge >= 0.3 is 5.97 Å². The zero-order chi connectivity index (χ0) is 14.1. The Morgan fingerprint density at radius 2 is 2.05 bits per heavy atom. The Kier molecular flexibility index (Phi) is 6.36. The highest BCUT2D eigenvalue weighted by Crippen LogP contribution is 2.08. The van der Waals surface area contributed by atoms with Crippen LogP contribution in [-0.4, -0.2) is 24.9 Å². The number of hydrogen-bond donors (Lipinski definition) is 0. The Morgan fingerprint density at radius 1 is 1.37 bits per heavy atom. The van der Waals surface area contributed by atoms with E-state index in [0.717, 1.165) is 11.1 Å². The van der Waals surface area contributed by atoms with E-state index >= 15 is 0 Å². The number of carbonyl (C=O) groups is 1. The van der Waals surface area contributed by atoms with Crippen LogP contribution in [0.25, 0.3) is 0 Å². The average molecular weight is 261 g/mol. The highest BCUT2D eigenvalue weighted by Gasteiger charge is 2.11. The number of carbonyl (C=O) groups excluding carboxylic acids is 1. The minimum Gasteiger partial charge on any atom is -0.466 e. The van der Waals surface area contributed by atoms with Gasteiger partial charge in [0.1, 0.15) is 6.61 Å². The van der Waals surface area contributed by atoms with Gasteiger partial charge in [0.15, 0.2) is 0 Å². The molecule has 1 aromatic rings. The third kappa shape index (κ3) is 5.38. The molecule has 19 heavy (non-hydrogen) atoms. The Balaban J connectivity index is 2.85. The molecule has 0 atom stereocenters. The van der Waals surface area contributed by atoms with E-state index in [1.54, 1.807) is 13.0 Å². The van der Waals surface area contributed by atoms with E-state index in [0.29, 0.717) is 18.9 Å². The summed E-state index contributed by atoms with van der Waals surface area (Å²) in [6.45, 7) is 7.98. The van der Waals surface area contributed by atoms with Crippen LogP contribution in [0.4, 0.5) is 0 Å². The van der Waals surface area contributed by atoms with Crippen molar-refractivity contribution in [3.05, 3.63) is 48.0 Å². The minimum absolute atomic E-state index is 0.0913. The summed E-state index contributed by atoms with van der Waals surface area (Å²) in [5, 5.41) is 3.98. The molecule has 0 bridgehead atoms. The van der Waals surface area contributed by atoms with Crippen molar-refractivity contribution in [2.45, 2.75) is 20.3 Å². The third-order valence-electron chi connectivity index (χ3n) is 2.37. The van der Waals surface area contributed by atoms with Gasteiger partial charge in [0.05, 0.1) is 18.7 Å². The van der Waals surface area contributed by atoms with Crippen molar-refractivity contribution in [1.82, 2.24) is 0 Å². The van der Waals surface area contributed by atoms with E-state index in [2.05, 4.69) is 11.7 Å². The molecular formula is C15H19NO3. The number of hydrogen-bond acceptors (Lipinski definition) is 4. The van der Waals surface area contributed by atoms with Gasteiger partial charge in [-0.25, -0.2) is 0 Å². The molecule has 0 saturated carbocycles. The van der Waals surface area contributed by atoms with E-state index < -0.39 is 0 Å². The van der Waals surface area contributed by atoms with E-state index in [-0.39, 0.29) is 12.4 Å². The maximum absolute atomic E-state index is 11.5. The molecule has 0 aliphatic carbocycles. The first-order chi connectivity index (χ1) is 9.17. The van der Waals surface area contributed by atoms with Gasteiger partial charge < -0.3 is 9.57 Å². The topological polar surface area (TPSA) is 47.9 Å². The van der Waals surface area contributed by atoms with E-state index in [4.69, 9.17) is 9.57 Å². The van der Waals surface area contributed by atoms with Crippen molar-refractivity contribution >= 4 is 11.7 Å². The molecule has 0 aliphatic rings. The van der Waals surface area contributed by atoms with Gasteiger partial charge in [0, 0.05) is 0 Å². The molecule has 0 heterocycles. The lowest BCUT2D eigenvalue weighted by molar-refractivity contribution is -0.141. The Hall–Kier alpha value is -2.10. The van der Waals surface area contributed by atoms with Crippen LogP contribution in [0.1, 0.15) is 24.5 Å². The first-order valence-corrected chi connectivity index (χ1v) is 6.19. The van der Waals surface area contributed by atoms with Crippen molar-refractivity contribution in [3.8, 4) is 0 Å². The van der Waals surface area contributed by atoms with Crippen LogP contribution in [0.3, 0.4) is 0 Å². The lowest BCUT2D eigenvalue weighted by Gasteiger charge is -2.07. The maximum Gasteiger partial charge on any atom is 0.312 e. The summed E-state index contributed by atoms with van der Waals surface area (Å²) in [7, 11) is 0. The Bertz CT molecular complexity index is 449. The van der Waals surface area contributed by atoms with Gasteiger partial charge in [0.25, 0.3) is 0 Å². The molecule has 4 nitrogen and oxygen atoms in total. The van der Waals surface area contributed by atoms with Crippen LogP contribution < -0.4 is 0 Å². The summed E-state index contributed by atoms with van der Waals surface area (Å²) < 4.78 is 4.93. The number of esters is 1. The molecule has 0 radical (unpaired) electrons. The summed E-state index contributed by atoms with van der Waals surface area (Å²) in [5.74, 6) is -0.316. The van der Waals surface area contributed by atoms with Crippen molar-refractivity contribution in [1.29, 1.82) is 0 Å². The van der Waals surface area contributed by atoms with Gasteiger partial charge in [-0.2, -0.15) is 0 Å². The van der Waals surface area contributed by atoms with Crippen LogP contribution >= 0.6 is 0 Å². The molecule has 4 heteroatoms. The second kappa shape index (κ2) is 8.08. The predicted molar refractivity (Wildman–Crippen MR) is 75.1 cm³/mol. The summed E-state index contributed by atoms with van der Waals surface area (Å²) in [6, 6.07) is 7.74. The normalized spacial score (nSPS) is 10.9. The summed E-state index contributed by atoms with van der Waals surface area (Å²) in [5.41, 5.74) is 2.55. The molecule has 0 aliphatic heterocycles. The Morgan fingerprint density at radius 3 is 2.63 bits per heavy atom. The number of nitrogens with zero attached hydrogens (tertiary/aromatic N) is 1. The van der Waals surface area contributed by atoms with Crippen LogP contribution in [0.2, 0.25) is 0 Å². The molecule has 0 saturated heterocycles. The number of rotatable bonds is 7. The van der Waals surface area contributed by atoms with Crippen molar-refractivity contribution < 1.29 is 14.4 Å². The first kappa shape index (κ1) is 15.0. The second-order valence-corrected chi connectivity index (χ2v) is 3.97. The van der Waals surface area contributed by atoms with Crippen molar-refractivity contribution in [2.24, 2.45) is 5.16 Å². The molecular weight excluding hydrogens is 242 g/mol. The molecule has 0 aromatic heterocycles. The van der Waals surface area contributed by atoms with E-state index in [9.17, 15) is 4.79 Å². The number of benzene rings is 1. The summed E-state index contributed by atoms with van der Waals surface area (Å²) in [4.78, 5) is 16.6. The molecule has 0 amide bonds. The largest absolute Gasteiger partial charge is 0.466 e. The molecule has 102 valence electrons. The van der Waals surface area contributed by atoms with Crippen LogP contribution in [0.5, 0.6) is 0 Å². The predicted octanol–water partition coefficient (Wildman–Crippen LogP) is 2.85. The SMILES string of the molecule is C=CCO/N=C(\CC(=O)OCC)c1ccc(C)cc1. The quantitative estimate of drug-likeness (QED) is 0.249. The zero-order valence-electron chi connectivity index (χ0n) is 11.4. The fourth-order valence-electron chi connectivity index (χ4n) is 1.45. The van der Waals surface area contributed by atoms with Crippen LogP contribution in [0, 0.1) is 6.92 Å². The van der Waals surface area contributed by atoms with Gasteiger partial charge in [-0.3, -0.25) is 4.79 Å². The van der Waals surface area contributed by atoms with Crippen molar-refractivity contribution in [2.75, 3.05) is 13.2 Å². The highest BCUT2D eigenvalue weighted by atomic mass is 16.6. The molecule has 0 unspecified atom stereocenters. The fourth-order valence-corrected chi connectivity index (χ4v) is 1.45. The lowest BCUT2D eigenvalue weighted by Crippen LogP contribution is -2.13. The van der Waals surface area contributed by atoms with Crippen molar-refractivity contribution in [3.63, 3.8) is 0 Å². The number of aryl methyl sites for hydroxylation is 1. The second-order valence-electron chi connectivity index (χ2n) is 3.97. The molecule has 1 aromatic carbocycles. The summed E-state index contributed by atoms with van der Waals surface area (Å²) >= 11 is 0. The average Bonchev–Trinajstić information content (AvgIpc) is 2.39. The van der Waals surface area contributed by atoms with Gasteiger partial charge in [-0.1, -0.05) is 47.6 Å². The molecule has 1 rings (SSSR count). The van der Waals surface area contributed by atoms with Gasteiger partial charge in [-0.05, 0) is 19.4 Å². The van der Waals surface area contributed by atoms with Gasteiger partial charge in [0.2, 0.25) is 0 Å². The smallest absolute Gasteiger partial charge is 0.312 e. The highest BCUT2D eigenvalue weighted by molar-refractivity contribution is 6.09. The molecule has 0 fully saturated rings. The summed E-state index contributed by atoms with van der Waals surface area (Å²) in [6.07, 6.45) is 1.69. The minimum atomic E-state index is -0.316. The van der Waals surface area contributed by atoms with E-state index in [1.165, 1.54) is 0 Å². The Labute approximate surface area is 113 Å².